The van der Waals surface area contributed by atoms with E-state index in [1.54, 1.807) is 0 Å². The molecule has 4 nitrogen and oxygen atoms in total. The highest BCUT2D eigenvalue weighted by molar-refractivity contribution is 5.92. The zero-order chi connectivity index (χ0) is 14.2. The van der Waals surface area contributed by atoms with Gasteiger partial charge in [0.1, 0.15) is 6.61 Å². The number of benzene rings is 2. The molecule has 0 spiro atoms. The van der Waals surface area contributed by atoms with E-state index in [4.69, 9.17) is 4.74 Å². The van der Waals surface area contributed by atoms with Crippen LogP contribution in [0.15, 0.2) is 60.7 Å². The number of carbonyl (C=O) groups excluding carboxylic acids is 2. The van der Waals surface area contributed by atoms with E-state index < -0.39 is 6.09 Å². The van der Waals surface area contributed by atoms with Crippen LogP contribution in [0.1, 0.15) is 11.1 Å². The molecule has 0 aliphatic rings. The molecule has 2 aromatic carbocycles. The van der Waals surface area contributed by atoms with E-state index in [2.05, 4.69) is 5.32 Å². The van der Waals surface area contributed by atoms with E-state index in [0.717, 1.165) is 11.1 Å². The van der Waals surface area contributed by atoms with Crippen LogP contribution in [0.3, 0.4) is 0 Å². The molecule has 0 saturated heterocycles. The predicted molar refractivity (Wildman–Crippen MR) is 74.9 cm³/mol. The first-order chi connectivity index (χ1) is 9.74. The number of ether oxygens (including phenoxy) is 1. The van der Waals surface area contributed by atoms with Gasteiger partial charge in [-0.15, -0.1) is 0 Å². The first-order valence-electron chi connectivity index (χ1n) is 6.28. The molecule has 2 aromatic rings. The summed E-state index contributed by atoms with van der Waals surface area (Å²) in [6.45, 7) is 0.144. The van der Waals surface area contributed by atoms with Crippen molar-refractivity contribution >= 4 is 12.0 Å². The molecule has 0 unspecified atom stereocenters. The molecule has 2 amide bonds. The van der Waals surface area contributed by atoms with Crippen molar-refractivity contribution < 1.29 is 14.3 Å². The van der Waals surface area contributed by atoms with Crippen molar-refractivity contribution in [3.05, 3.63) is 71.8 Å². The SMILES string of the molecule is O=C(Cc1ccccc1)NC(=O)OCc1ccccc1. The Bertz CT molecular complexity index is 567. The van der Waals surface area contributed by atoms with Crippen molar-refractivity contribution in [2.45, 2.75) is 13.0 Å². The Hall–Kier alpha value is -2.62. The second kappa shape index (κ2) is 7.09. The molecule has 1 N–H and O–H groups in total. The van der Waals surface area contributed by atoms with E-state index in [0.29, 0.717) is 0 Å². The van der Waals surface area contributed by atoms with E-state index in [1.165, 1.54) is 0 Å². The highest BCUT2D eigenvalue weighted by atomic mass is 16.5. The average Bonchev–Trinajstić information content (AvgIpc) is 2.47. The van der Waals surface area contributed by atoms with Gasteiger partial charge in [0, 0.05) is 0 Å². The first kappa shape index (κ1) is 13.8. The molecule has 20 heavy (non-hydrogen) atoms. The quantitative estimate of drug-likeness (QED) is 0.928. The van der Waals surface area contributed by atoms with Gasteiger partial charge in [0.05, 0.1) is 6.42 Å². The van der Waals surface area contributed by atoms with Gasteiger partial charge in [-0.3, -0.25) is 10.1 Å². The molecule has 0 fully saturated rings. The maximum atomic E-state index is 11.6. The van der Waals surface area contributed by atoms with Gasteiger partial charge in [0.25, 0.3) is 0 Å². The molecule has 0 saturated carbocycles. The van der Waals surface area contributed by atoms with Crippen LogP contribution >= 0.6 is 0 Å². The molecule has 102 valence electrons. The number of amides is 2. The monoisotopic (exact) mass is 269 g/mol. The maximum absolute atomic E-state index is 11.6. The van der Waals surface area contributed by atoms with Crippen LogP contribution in [0.5, 0.6) is 0 Å². The summed E-state index contributed by atoms with van der Waals surface area (Å²) >= 11 is 0. The zero-order valence-electron chi connectivity index (χ0n) is 10.9. The number of hydrogen-bond donors (Lipinski definition) is 1. The van der Waals surface area contributed by atoms with Gasteiger partial charge in [-0.1, -0.05) is 60.7 Å². The summed E-state index contributed by atoms with van der Waals surface area (Å²) in [7, 11) is 0. The average molecular weight is 269 g/mol. The zero-order valence-corrected chi connectivity index (χ0v) is 10.9. The number of hydrogen-bond acceptors (Lipinski definition) is 3. The molecule has 0 radical (unpaired) electrons. The molecule has 4 heteroatoms. The van der Waals surface area contributed by atoms with E-state index in [9.17, 15) is 9.59 Å². The van der Waals surface area contributed by atoms with Crippen molar-refractivity contribution in [1.82, 2.24) is 5.32 Å². The molecular formula is C16H15NO3. The van der Waals surface area contributed by atoms with Crippen molar-refractivity contribution in [2.24, 2.45) is 0 Å². The summed E-state index contributed by atoms with van der Waals surface area (Å²) in [6, 6.07) is 18.5. The molecule has 0 bridgehead atoms. The van der Waals surface area contributed by atoms with Crippen LogP contribution in [0, 0.1) is 0 Å². The fourth-order valence-electron chi connectivity index (χ4n) is 1.70. The number of alkyl carbamates (subject to hydrolysis) is 1. The second-order valence-electron chi connectivity index (χ2n) is 4.27. The van der Waals surface area contributed by atoms with Gasteiger partial charge in [-0.25, -0.2) is 4.79 Å². The lowest BCUT2D eigenvalue weighted by Crippen LogP contribution is -2.32. The second-order valence-corrected chi connectivity index (χ2v) is 4.27. The Morgan fingerprint density at radius 2 is 1.40 bits per heavy atom. The summed E-state index contributed by atoms with van der Waals surface area (Å²) in [4.78, 5) is 23.1. The Kier molecular flexibility index (Phi) is 4.89. The van der Waals surface area contributed by atoms with Crippen LogP contribution < -0.4 is 5.32 Å². The number of imide groups is 1. The summed E-state index contributed by atoms with van der Waals surface area (Å²) in [5.74, 6) is -0.380. The molecule has 2 rings (SSSR count). The lowest BCUT2D eigenvalue weighted by Gasteiger charge is -2.06. The third kappa shape index (κ3) is 4.57. The largest absolute Gasteiger partial charge is 0.444 e. The standard InChI is InChI=1S/C16H15NO3/c18-15(11-13-7-3-1-4-8-13)17-16(19)20-12-14-9-5-2-6-10-14/h1-10H,11-12H2,(H,17,18,19). The summed E-state index contributed by atoms with van der Waals surface area (Å²) in [5, 5.41) is 2.20. The van der Waals surface area contributed by atoms with Crippen molar-refractivity contribution in [3.8, 4) is 0 Å². The lowest BCUT2D eigenvalue weighted by atomic mass is 10.1. The maximum Gasteiger partial charge on any atom is 0.414 e. The van der Waals surface area contributed by atoms with E-state index in [-0.39, 0.29) is 18.9 Å². The predicted octanol–water partition coefficient (Wildman–Crippen LogP) is 2.68. The van der Waals surface area contributed by atoms with Crippen molar-refractivity contribution in [2.75, 3.05) is 0 Å². The van der Waals surface area contributed by atoms with Gasteiger partial charge in [0.2, 0.25) is 5.91 Å². The smallest absolute Gasteiger partial charge is 0.414 e. The highest BCUT2D eigenvalue weighted by Gasteiger charge is 2.09. The summed E-state index contributed by atoms with van der Waals surface area (Å²) in [5.41, 5.74) is 1.72. The highest BCUT2D eigenvalue weighted by Crippen LogP contribution is 2.01. The molecule has 0 aromatic heterocycles. The molecule has 0 aliphatic carbocycles. The Labute approximate surface area is 117 Å². The van der Waals surface area contributed by atoms with Crippen molar-refractivity contribution in [1.29, 1.82) is 0 Å². The minimum atomic E-state index is -0.727. The topological polar surface area (TPSA) is 55.4 Å². The van der Waals surface area contributed by atoms with Crippen LogP contribution in [0.25, 0.3) is 0 Å². The third-order valence-electron chi connectivity index (χ3n) is 2.66. The number of rotatable bonds is 4. The van der Waals surface area contributed by atoms with E-state index in [1.807, 2.05) is 60.7 Å². The fraction of sp³-hybridized carbons (Fsp3) is 0.125. The van der Waals surface area contributed by atoms with Crippen LogP contribution in [-0.4, -0.2) is 12.0 Å². The number of nitrogens with one attached hydrogen (secondary N) is 1. The van der Waals surface area contributed by atoms with Gasteiger partial charge >= 0.3 is 6.09 Å². The molecule has 0 atom stereocenters. The lowest BCUT2D eigenvalue weighted by molar-refractivity contribution is -0.119. The van der Waals surface area contributed by atoms with Gasteiger partial charge < -0.3 is 4.74 Å². The van der Waals surface area contributed by atoms with Gasteiger partial charge in [-0.05, 0) is 11.1 Å². The van der Waals surface area contributed by atoms with Crippen molar-refractivity contribution in [3.63, 3.8) is 0 Å². The van der Waals surface area contributed by atoms with Gasteiger partial charge in [-0.2, -0.15) is 0 Å². The summed E-state index contributed by atoms with van der Waals surface area (Å²) < 4.78 is 4.97. The van der Waals surface area contributed by atoms with E-state index >= 15 is 0 Å². The Balaban J connectivity index is 1.75. The molecular weight excluding hydrogens is 254 g/mol. The summed E-state index contributed by atoms with van der Waals surface area (Å²) in [6.07, 6.45) is -0.573. The first-order valence-corrected chi connectivity index (χ1v) is 6.28. The molecule has 0 aliphatic heterocycles. The normalized spacial score (nSPS) is 9.80. The Morgan fingerprint density at radius 3 is 2.00 bits per heavy atom. The van der Waals surface area contributed by atoms with Crippen LogP contribution in [0.2, 0.25) is 0 Å². The third-order valence-corrected chi connectivity index (χ3v) is 2.66. The minimum Gasteiger partial charge on any atom is -0.444 e. The fourth-order valence-corrected chi connectivity index (χ4v) is 1.70. The van der Waals surface area contributed by atoms with Crippen LogP contribution in [-0.2, 0) is 22.6 Å². The van der Waals surface area contributed by atoms with Crippen LogP contribution in [0.4, 0.5) is 4.79 Å². The molecule has 0 heterocycles. The number of carbonyl (C=O) groups is 2. The Morgan fingerprint density at radius 1 is 0.850 bits per heavy atom. The van der Waals surface area contributed by atoms with Gasteiger partial charge in [0.15, 0.2) is 0 Å². The minimum absolute atomic E-state index is 0.144.